The Balaban J connectivity index is 2.52. The fourth-order valence-corrected chi connectivity index (χ4v) is 2.39. The van der Waals surface area contributed by atoms with Crippen LogP contribution in [0.2, 0.25) is 0 Å². The molecule has 2 heterocycles. The Morgan fingerprint density at radius 2 is 2.30 bits per heavy atom. The average Bonchev–Trinajstić information content (AvgIpc) is 2.81. The van der Waals surface area contributed by atoms with Gasteiger partial charge < -0.3 is 14.6 Å². The van der Waals surface area contributed by atoms with E-state index in [-0.39, 0.29) is 5.56 Å². The number of hydrogen-bond acceptors (Lipinski definition) is 7. The number of carbonyl (C=O) groups excluding carboxylic acids is 1. The summed E-state index contributed by atoms with van der Waals surface area (Å²) in [6, 6.07) is -1.02. The Hall–Kier alpha value is -2.62. The SMILES string of the molecule is CC(=O)O[C@@H]1C(N=[N+]=[N-])[C@@H](CO)O[C@H]1n1cc(C)c(=O)[nH]c1=O. The zero-order valence-corrected chi connectivity index (χ0v) is 12.4. The quantitative estimate of drug-likeness (QED) is 0.323. The van der Waals surface area contributed by atoms with Gasteiger partial charge in [-0.2, -0.15) is 0 Å². The predicted octanol–water partition coefficient (Wildman–Crippen LogP) is -0.655. The highest BCUT2D eigenvalue weighted by Crippen LogP contribution is 2.33. The fourth-order valence-electron chi connectivity index (χ4n) is 2.39. The van der Waals surface area contributed by atoms with E-state index < -0.39 is 48.3 Å². The zero-order chi connectivity index (χ0) is 17.1. The lowest BCUT2D eigenvalue weighted by Crippen LogP contribution is -2.40. The lowest BCUT2D eigenvalue weighted by molar-refractivity contribution is -0.153. The molecule has 0 aliphatic carbocycles. The molecule has 1 aliphatic heterocycles. The molecule has 1 saturated heterocycles. The first-order valence-electron chi connectivity index (χ1n) is 6.68. The van der Waals surface area contributed by atoms with Gasteiger partial charge in [-0.25, -0.2) is 4.79 Å². The summed E-state index contributed by atoms with van der Waals surface area (Å²) in [5, 5.41) is 12.8. The molecule has 0 saturated carbocycles. The number of H-pyrrole nitrogens is 1. The highest BCUT2D eigenvalue weighted by Gasteiger charge is 2.47. The molecule has 11 heteroatoms. The molecule has 1 aliphatic rings. The molecule has 1 fully saturated rings. The average molecular weight is 325 g/mol. The second-order valence-corrected chi connectivity index (χ2v) is 5.00. The summed E-state index contributed by atoms with van der Waals surface area (Å²) in [6.07, 6.45) is -1.98. The van der Waals surface area contributed by atoms with Crippen LogP contribution in [0.5, 0.6) is 0 Å². The van der Waals surface area contributed by atoms with Gasteiger partial charge in [0.05, 0.1) is 12.7 Å². The summed E-state index contributed by atoms with van der Waals surface area (Å²) in [4.78, 5) is 39.5. The highest BCUT2D eigenvalue weighted by atomic mass is 16.6. The number of nitrogens with one attached hydrogen (secondary N) is 1. The number of aliphatic hydroxyl groups is 1. The number of aliphatic hydroxyl groups excluding tert-OH is 1. The smallest absolute Gasteiger partial charge is 0.330 e. The van der Waals surface area contributed by atoms with Crippen LogP contribution in [0.1, 0.15) is 18.7 Å². The van der Waals surface area contributed by atoms with E-state index in [4.69, 9.17) is 15.0 Å². The number of nitrogens with zero attached hydrogens (tertiary/aromatic N) is 4. The van der Waals surface area contributed by atoms with Crippen molar-refractivity contribution >= 4 is 5.97 Å². The van der Waals surface area contributed by atoms with Crippen LogP contribution in [0.3, 0.4) is 0 Å². The van der Waals surface area contributed by atoms with E-state index in [0.29, 0.717) is 0 Å². The van der Waals surface area contributed by atoms with Crippen LogP contribution < -0.4 is 11.2 Å². The number of rotatable bonds is 4. The van der Waals surface area contributed by atoms with E-state index in [0.717, 1.165) is 11.5 Å². The van der Waals surface area contributed by atoms with Gasteiger partial charge in [0.2, 0.25) is 0 Å². The maximum Gasteiger partial charge on any atom is 0.330 e. The fraction of sp³-hybridized carbons (Fsp3) is 0.583. The minimum absolute atomic E-state index is 0.238. The molecule has 1 aromatic rings. The molecule has 0 radical (unpaired) electrons. The number of aryl methyl sites for hydroxylation is 1. The normalized spacial score (nSPS) is 26.6. The second kappa shape index (κ2) is 6.65. The maximum atomic E-state index is 12.0. The molecule has 4 atom stereocenters. The first-order valence-corrected chi connectivity index (χ1v) is 6.68. The minimum Gasteiger partial charge on any atom is -0.457 e. The first kappa shape index (κ1) is 16.7. The van der Waals surface area contributed by atoms with Crippen molar-refractivity contribution in [2.45, 2.75) is 38.3 Å². The van der Waals surface area contributed by atoms with Crippen LogP contribution >= 0.6 is 0 Å². The minimum atomic E-state index is -1.14. The van der Waals surface area contributed by atoms with Crippen molar-refractivity contribution in [3.05, 3.63) is 43.0 Å². The van der Waals surface area contributed by atoms with Crippen molar-refractivity contribution in [1.82, 2.24) is 9.55 Å². The number of hydrogen-bond donors (Lipinski definition) is 2. The monoisotopic (exact) mass is 325 g/mol. The lowest BCUT2D eigenvalue weighted by atomic mass is 10.1. The van der Waals surface area contributed by atoms with Gasteiger partial charge in [-0.3, -0.25) is 19.1 Å². The van der Waals surface area contributed by atoms with Crippen molar-refractivity contribution in [1.29, 1.82) is 0 Å². The Morgan fingerprint density at radius 1 is 1.61 bits per heavy atom. The van der Waals surface area contributed by atoms with Crippen molar-refractivity contribution in [3.63, 3.8) is 0 Å². The predicted molar refractivity (Wildman–Crippen MR) is 75.5 cm³/mol. The van der Waals surface area contributed by atoms with Gasteiger partial charge in [-0.05, 0) is 12.5 Å². The number of carbonyl (C=O) groups is 1. The summed E-state index contributed by atoms with van der Waals surface area (Å²) in [6.45, 7) is 2.13. The van der Waals surface area contributed by atoms with Crippen LogP contribution in [0.4, 0.5) is 0 Å². The first-order chi connectivity index (χ1) is 10.9. The van der Waals surface area contributed by atoms with Crippen molar-refractivity contribution in [3.8, 4) is 0 Å². The molecule has 1 aromatic heterocycles. The van der Waals surface area contributed by atoms with Gasteiger partial charge >= 0.3 is 11.7 Å². The zero-order valence-electron chi connectivity index (χ0n) is 12.4. The van der Waals surface area contributed by atoms with Crippen molar-refractivity contribution < 1.29 is 19.4 Å². The van der Waals surface area contributed by atoms with Gasteiger partial charge in [0.25, 0.3) is 5.56 Å². The third-order valence-corrected chi connectivity index (χ3v) is 3.40. The van der Waals surface area contributed by atoms with Crippen LogP contribution in [-0.2, 0) is 14.3 Å². The Bertz CT molecular complexity index is 764. The summed E-state index contributed by atoms with van der Waals surface area (Å²) in [7, 11) is 0. The van der Waals surface area contributed by atoms with E-state index in [2.05, 4.69) is 15.0 Å². The number of aromatic amines is 1. The van der Waals surface area contributed by atoms with E-state index in [1.165, 1.54) is 13.1 Å². The number of ether oxygens (including phenoxy) is 2. The van der Waals surface area contributed by atoms with Crippen molar-refractivity contribution in [2.75, 3.05) is 6.61 Å². The molecule has 2 N–H and O–H groups in total. The van der Waals surface area contributed by atoms with Crippen LogP contribution in [0, 0.1) is 6.92 Å². The molecule has 0 bridgehead atoms. The molecular weight excluding hydrogens is 310 g/mol. The van der Waals surface area contributed by atoms with Crippen molar-refractivity contribution in [2.24, 2.45) is 5.11 Å². The van der Waals surface area contributed by atoms with Gasteiger partial charge in [-0.1, -0.05) is 5.11 Å². The van der Waals surface area contributed by atoms with Gasteiger partial charge in [0, 0.05) is 23.6 Å². The van der Waals surface area contributed by atoms with E-state index in [9.17, 15) is 19.5 Å². The standard InChI is InChI=1S/C12H15N5O6/c1-5-3-17(12(21)14-10(5)20)11-9(22-6(2)19)8(15-16-13)7(4-18)23-11/h3,7-9,11,18H,4H2,1-2H3,(H,14,20,21)/t7-,8?,9-,11-/m1/s1. The summed E-state index contributed by atoms with van der Waals surface area (Å²) < 4.78 is 11.6. The highest BCUT2D eigenvalue weighted by molar-refractivity contribution is 5.66. The van der Waals surface area contributed by atoms with Gasteiger partial charge in [-0.15, -0.1) is 0 Å². The Morgan fingerprint density at radius 3 is 2.87 bits per heavy atom. The number of esters is 1. The van der Waals surface area contributed by atoms with Gasteiger partial charge in [0.1, 0.15) is 6.04 Å². The number of aromatic nitrogens is 2. The van der Waals surface area contributed by atoms with Crippen LogP contribution in [-0.4, -0.2) is 45.5 Å². The van der Waals surface area contributed by atoms with Gasteiger partial charge in [0.15, 0.2) is 12.3 Å². The lowest BCUT2D eigenvalue weighted by Gasteiger charge is -2.22. The molecule has 23 heavy (non-hydrogen) atoms. The number of azide groups is 1. The molecular formula is C12H15N5O6. The summed E-state index contributed by atoms with van der Waals surface area (Å²) in [5.41, 5.74) is 7.55. The van der Waals surface area contributed by atoms with Crippen LogP contribution in [0.25, 0.3) is 10.4 Å². The molecule has 11 nitrogen and oxygen atoms in total. The molecule has 0 aromatic carbocycles. The van der Waals surface area contributed by atoms with E-state index in [1.807, 2.05) is 0 Å². The van der Waals surface area contributed by atoms with E-state index in [1.54, 1.807) is 0 Å². The summed E-state index contributed by atoms with van der Waals surface area (Å²) in [5.74, 6) is -0.672. The topological polar surface area (TPSA) is 159 Å². The van der Waals surface area contributed by atoms with Crippen LogP contribution in [0.15, 0.2) is 20.9 Å². The maximum absolute atomic E-state index is 12.0. The largest absolute Gasteiger partial charge is 0.457 e. The molecule has 0 amide bonds. The third-order valence-electron chi connectivity index (χ3n) is 3.40. The molecule has 1 unspecified atom stereocenters. The molecule has 2 rings (SSSR count). The van der Waals surface area contributed by atoms with E-state index >= 15 is 0 Å². The Kier molecular flexibility index (Phi) is 4.84. The second-order valence-electron chi connectivity index (χ2n) is 5.00. The molecule has 0 spiro atoms. The summed E-state index contributed by atoms with van der Waals surface area (Å²) >= 11 is 0. The molecule has 124 valence electrons. The Labute approximate surface area is 129 Å². The third kappa shape index (κ3) is 3.26.